The zero-order chi connectivity index (χ0) is 20.3. The number of sulfonamides is 1. The summed E-state index contributed by atoms with van der Waals surface area (Å²) in [7, 11) is -3.70. The van der Waals surface area contributed by atoms with E-state index in [4.69, 9.17) is 5.14 Å². The predicted octanol–water partition coefficient (Wildman–Crippen LogP) is 1.89. The Morgan fingerprint density at radius 2 is 1.93 bits per heavy atom. The lowest BCUT2D eigenvalue weighted by Gasteiger charge is -2.32. The molecule has 0 bridgehead atoms. The highest BCUT2D eigenvalue weighted by atomic mass is 32.2. The second-order valence-electron chi connectivity index (χ2n) is 7.01. The van der Waals surface area contributed by atoms with Gasteiger partial charge in [-0.3, -0.25) is 4.79 Å². The van der Waals surface area contributed by atoms with Gasteiger partial charge in [0.2, 0.25) is 15.9 Å². The highest BCUT2D eigenvalue weighted by molar-refractivity contribution is 7.89. The van der Waals surface area contributed by atoms with E-state index in [1.807, 2.05) is 11.8 Å². The first kappa shape index (κ1) is 20.3. The summed E-state index contributed by atoms with van der Waals surface area (Å²) in [4.78, 5) is 14.4. The Kier molecular flexibility index (Phi) is 6.00. The third-order valence-corrected chi connectivity index (χ3v) is 5.85. The summed E-state index contributed by atoms with van der Waals surface area (Å²) in [6.45, 7) is 3.26. The Bertz CT molecular complexity index is 975. The number of halogens is 1. The quantitative estimate of drug-likeness (QED) is 0.768. The number of nitrogens with zero attached hydrogens (tertiary/aromatic N) is 1. The van der Waals surface area contributed by atoms with Gasteiger partial charge in [0.15, 0.2) is 0 Å². The number of nitrogens with one attached hydrogen (secondary N) is 1. The van der Waals surface area contributed by atoms with Gasteiger partial charge in [-0.25, -0.2) is 17.9 Å². The molecular weight excluding hydrogens is 381 g/mol. The lowest BCUT2D eigenvalue weighted by atomic mass is 9.97. The fraction of sp³-hybridized carbons (Fsp3) is 0.350. The van der Waals surface area contributed by atoms with Crippen molar-refractivity contribution in [2.24, 2.45) is 5.14 Å². The minimum absolute atomic E-state index is 0.0617. The standard InChI is InChI=1S/C20H24FN3O3S/c1-14-4-9-18(21)17-3-2-12-24(20(14)17)13-19(25)23-11-10-15-5-7-16(8-6-15)28(22,26)27/h4-9H,2-3,10-13H2,1H3,(H,23,25)(H2,22,26,27). The Morgan fingerprint density at radius 3 is 2.61 bits per heavy atom. The van der Waals surface area contributed by atoms with Crippen LogP contribution in [0, 0.1) is 12.7 Å². The molecule has 1 heterocycles. The molecule has 1 aliphatic heterocycles. The number of nitrogens with two attached hydrogens (primary N) is 1. The number of amides is 1. The van der Waals surface area contributed by atoms with Crippen molar-refractivity contribution in [2.75, 3.05) is 24.5 Å². The second kappa shape index (κ2) is 8.28. The zero-order valence-corrected chi connectivity index (χ0v) is 16.6. The van der Waals surface area contributed by atoms with E-state index in [0.717, 1.165) is 29.8 Å². The summed E-state index contributed by atoms with van der Waals surface area (Å²) < 4.78 is 36.6. The van der Waals surface area contributed by atoms with Crippen LogP contribution in [0.2, 0.25) is 0 Å². The molecule has 1 aliphatic rings. The first-order chi connectivity index (χ1) is 13.3. The SMILES string of the molecule is Cc1ccc(F)c2c1N(CC(=O)NCCc1ccc(S(N)(=O)=O)cc1)CCC2. The molecular formula is C20H24FN3O3S. The Morgan fingerprint density at radius 1 is 1.21 bits per heavy atom. The number of primary sulfonamides is 1. The Labute approximate surface area is 164 Å². The fourth-order valence-electron chi connectivity index (χ4n) is 3.54. The molecule has 1 amide bonds. The highest BCUT2D eigenvalue weighted by Crippen LogP contribution is 2.32. The van der Waals surface area contributed by atoms with E-state index in [0.29, 0.717) is 24.9 Å². The summed E-state index contributed by atoms with van der Waals surface area (Å²) in [6, 6.07) is 9.50. The van der Waals surface area contributed by atoms with Gasteiger partial charge in [0.1, 0.15) is 5.82 Å². The van der Waals surface area contributed by atoms with Crippen molar-refractivity contribution in [2.45, 2.75) is 31.1 Å². The molecule has 0 saturated carbocycles. The summed E-state index contributed by atoms with van der Waals surface area (Å²) in [5.41, 5.74) is 3.39. The van der Waals surface area contributed by atoms with Gasteiger partial charge < -0.3 is 10.2 Å². The molecule has 0 spiro atoms. The van der Waals surface area contributed by atoms with Crippen molar-refractivity contribution < 1.29 is 17.6 Å². The van der Waals surface area contributed by atoms with Gasteiger partial charge in [-0.2, -0.15) is 0 Å². The molecule has 0 atom stereocenters. The molecule has 0 unspecified atom stereocenters. The maximum absolute atomic E-state index is 14.1. The van der Waals surface area contributed by atoms with Gasteiger partial charge in [-0.1, -0.05) is 18.2 Å². The lowest BCUT2D eigenvalue weighted by molar-refractivity contribution is -0.119. The fourth-order valence-corrected chi connectivity index (χ4v) is 4.06. The molecule has 0 fully saturated rings. The van der Waals surface area contributed by atoms with E-state index in [1.54, 1.807) is 18.2 Å². The third kappa shape index (κ3) is 4.69. The molecule has 0 saturated heterocycles. The molecule has 150 valence electrons. The molecule has 6 nitrogen and oxygen atoms in total. The minimum Gasteiger partial charge on any atom is -0.362 e. The van der Waals surface area contributed by atoms with Crippen LogP contribution >= 0.6 is 0 Å². The van der Waals surface area contributed by atoms with Gasteiger partial charge >= 0.3 is 0 Å². The number of anilines is 1. The molecule has 2 aromatic carbocycles. The molecule has 0 radical (unpaired) electrons. The second-order valence-corrected chi connectivity index (χ2v) is 8.57. The smallest absolute Gasteiger partial charge is 0.239 e. The normalized spacial score (nSPS) is 13.9. The van der Waals surface area contributed by atoms with E-state index in [2.05, 4.69) is 5.32 Å². The molecule has 3 N–H and O–H groups in total. The van der Waals surface area contributed by atoms with Crippen LogP contribution < -0.4 is 15.4 Å². The number of rotatable bonds is 6. The van der Waals surface area contributed by atoms with Gasteiger partial charge in [-0.15, -0.1) is 0 Å². The van der Waals surface area contributed by atoms with Crippen molar-refractivity contribution in [1.29, 1.82) is 0 Å². The number of carbonyl (C=O) groups excluding carboxylic acids is 1. The maximum Gasteiger partial charge on any atom is 0.239 e. The summed E-state index contributed by atoms with van der Waals surface area (Å²) >= 11 is 0. The van der Waals surface area contributed by atoms with Crippen LogP contribution in [0.3, 0.4) is 0 Å². The molecule has 28 heavy (non-hydrogen) atoms. The van der Waals surface area contributed by atoms with Crippen molar-refractivity contribution in [3.63, 3.8) is 0 Å². The summed E-state index contributed by atoms with van der Waals surface area (Å²) in [6.07, 6.45) is 2.08. The monoisotopic (exact) mass is 405 g/mol. The molecule has 0 aliphatic carbocycles. The van der Waals surface area contributed by atoms with E-state index in [9.17, 15) is 17.6 Å². The van der Waals surface area contributed by atoms with Crippen molar-refractivity contribution >= 4 is 21.6 Å². The Hall–Kier alpha value is -2.45. The molecule has 2 aromatic rings. The van der Waals surface area contributed by atoms with Crippen molar-refractivity contribution in [3.8, 4) is 0 Å². The molecule has 3 rings (SSSR count). The van der Waals surface area contributed by atoms with Crippen molar-refractivity contribution in [3.05, 3.63) is 58.9 Å². The lowest BCUT2D eigenvalue weighted by Crippen LogP contribution is -2.41. The predicted molar refractivity (Wildman–Crippen MR) is 106 cm³/mol. The maximum atomic E-state index is 14.1. The number of carbonyl (C=O) groups is 1. The van der Waals surface area contributed by atoms with Gasteiger partial charge in [0, 0.05) is 24.3 Å². The summed E-state index contributed by atoms with van der Waals surface area (Å²) in [5, 5.41) is 7.95. The van der Waals surface area contributed by atoms with Gasteiger partial charge in [-0.05, 0) is 55.5 Å². The average molecular weight is 405 g/mol. The molecule has 8 heteroatoms. The summed E-state index contributed by atoms with van der Waals surface area (Å²) in [5.74, 6) is -0.341. The van der Waals surface area contributed by atoms with Gasteiger partial charge in [0.05, 0.1) is 11.4 Å². The van der Waals surface area contributed by atoms with Crippen LogP contribution in [0.25, 0.3) is 0 Å². The van der Waals surface area contributed by atoms with Crippen LogP contribution in [0.15, 0.2) is 41.3 Å². The number of hydrogen-bond donors (Lipinski definition) is 2. The van der Waals surface area contributed by atoms with E-state index >= 15 is 0 Å². The van der Waals surface area contributed by atoms with Crippen molar-refractivity contribution in [1.82, 2.24) is 5.32 Å². The van der Waals surface area contributed by atoms with Crippen LogP contribution in [0.5, 0.6) is 0 Å². The van der Waals surface area contributed by atoms with Crippen LogP contribution in [0.4, 0.5) is 10.1 Å². The number of hydrogen-bond acceptors (Lipinski definition) is 4. The highest BCUT2D eigenvalue weighted by Gasteiger charge is 2.23. The topological polar surface area (TPSA) is 92.5 Å². The average Bonchev–Trinajstić information content (AvgIpc) is 2.64. The minimum atomic E-state index is -3.70. The van der Waals surface area contributed by atoms with E-state index < -0.39 is 10.0 Å². The van der Waals surface area contributed by atoms with E-state index in [-0.39, 0.29) is 23.2 Å². The van der Waals surface area contributed by atoms with Crippen LogP contribution in [-0.4, -0.2) is 34.0 Å². The number of aryl methyl sites for hydroxylation is 1. The first-order valence-electron chi connectivity index (χ1n) is 9.17. The van der Waals surface area contributed by atoms with E-state index in [1.165, 1.54) is 18.2 Å². The van der Waals surface area contributed by atoms with Gasteiger partial charge in [0.25, 0.3) is 0 Å². The number of fused-ring (bicyclic) bond motifs is 1. The first-order valence-corrected chi connectivity index (χ1v) is 10.7. The largest absolute Gasteiger partial charge is 0.362 e. The Balaban J connectivity index is 1.55. The zero-order valence-electron chi connectivity index (χ0n) is 15.7. The van der Waals surface area contributed by atoms with Crippen LogP contribution in [-0.2, 0) is 27.7 Å². The van der Waals surface area contributed by atoms with Crippen LogP contribution in [0.1, 0.15) is 23.1 Å². The number of benzene rings is 2. The third-order valence-electron chi connectivity index (χ3n) is 4.92. The molecule has 0 aromatic heterocycles.